The van der Waals surface area contributed by atoms with Crippen LogP contribution in [0.5, 0.6) is 0 Å². The fourth-order valence-electron chi connectivity index (χ4n) is 7.20. The lowest BCUT2D eigenvalue weighted by atomic mass is 9.73. The van der Waals surface area contributed by atoms with Crippen molar-refractivity contribution in [1.29, 1.82) is 0 Å². The summed E-state index contributed by atoms with van der Waals surface area (Å²) in [7, 11) is 0. The third-order valence-electron chi connectivity index (χ3n) is 9.48. The Labute approximate surface area is 280 Å². The maximum absolute atomic E-state index is 13.7. The van der Waals surface area contributed by atoms with Crippen molar-refractivity contribution in [3.8, 4) is 22.3 Å². The van der Waals surface area contributed by atoms with E-state index in [1.165, 1.54) is 12.1 Å². The van der Waals surface area contributed by atoms with Crippen LogP contribution >= 0.6 is 0 Å². The number of hydrogen-bond acceptors (Lipinski definition) is 3. The minimum absolute atomic E-state index is 0.138. The zero-order valence-corrected chi connectivity index (χ0v) is 26.5. The van der Waals surface area contributed by atoms with E-state index in [1.807, 2.05) is 36.4 Å². The van der Waals surface area contributed by atoms with E-state index in [2.05, 4.69) is 15.5 Å². The molecule has 256 valence electrons. The average Bonchev–Trinajstić information content (AvgIpc) is 3.65. The molecular weight excluding hydrogens is 644 g/mol. The number of unbranched alkanes of at least 4 members (excludes halogenated alkanes) is 1. The summed E-state index contributed by atoms with van der Waals surface area (Å²) in [6.45, 7) is 0.594. The highest BCUT2D eigenvalue weighted by Crippen LogP contribution is 2.51. The van der Waals surface area contributed by atoms with Crippen molar-refractivity contribution in [2.75, 3.05) is 26.2 Å². The molecule has 4 aromatic carbocycles. The van der Waals surface area contributed by atoms with E-state index in [-0.39, 0.29) is 11.9 Å². The van der Waals surface area contributed by atoms with Gasteiger partial charge in [-0.25, -0.2) is 0 Å². The zero-order chi connectivity index (χ0) is 34.8. The van der Waals surface area contributed by atoms with Crippen molar-refractivity contribution in [3.63, 3.8) is 0 Å². The molecule has 1 saturated heterocycles. The van der Waals surface area contributed by atoms with Crippen LogP contribution in [-0.2, 0) is 16.4 Å². The van der Waals surface area contributed by atoms with Gasteiger partial charge in [-0.3, -0.25) is 9.59 Å². The van der Waals surface area contributed by atoms with Crippen molar-refractivity contribution >= 4 is 11.8 Å². The van der Waals surface area contributed by atoms with Gasteiger partial charge in [-0.2, -0.15) is 26.3 Å². The van der Waals surface area contributed by atoms with E-state index in [1.54, 1.807) is 36.4 Å². The molecule has 0 aromatic heterocycles. The molecule has 2 amide bonds. The van der Waals surface area contributed by atoms with E-state index in [0.29, 0.717) is 66.6 Å². The number of carbonyl (C=O) groups excluding carboxylic acids is 2. The summed E-state index contributed by atoms with van der Waals surface area (Å²) >= 11 is 0. The first-order valence-electron chi connectivity index (χ1n) is 16.2. The van der Waals surface area contributed by atoms with Gasteiger partial charge in [0.05, 0.1) is 5.56 Å². The van der Waals surface area contributed by atoms with Crippen LogP contribution in [0, 0.1) is 0 Å². The van der Waals surface area contributed by atoms with Gasteiger partial charge in [0.15, 0.2) is 0 Å². The molecule has 0 spiro atoms. The van der Waals surface area contributed by atoms with Gasteiger partial charge in [0, 0.05) is 24.7 Å². The van der Waals surface area contributed by atoms with Crippen LogP contribution in [0.15, 0.2) is 97.1 Å². The molecule has 0 unspecified atom stereocenters. The van der Waals surface area contributed by atoms with Crippen molar-refractivity contribution in [2.45, 2.75) is 49.5 Å². The Hall–Kier alpha value is -4.64. The second-order valence-corrected chi connectivity index (χ2v) is 12.6. The van der Waals surface area contributed by atoms with E-state index >= 15 is 0 Å². The Bertz CT molecular complexity index is 1770. The van der Waals surface area contributed by atoms with Crippen LogP contribution in [0.25, 0.3) is 22.3 Å². The van der Waals surface area contributed by atoms with E-state index < -0.39 is 35.8 Å². The van der Waals surface area contributed by atoms with Crippen LogP contribution in [0.3, 0.4) is 0 Å². The van der Waals surface area contributed by atoms with Gasteiger partial charge in [0.25, 0.3) is 5.91 Å². The summed E-state index contributed by atoms with van der Waals surface area (Å²) in [5, 5.41) is 5.24. The molecule has 1 fully saturated rings. The number of carbonyl (C=O) groups is 2. The summed E-state index contributed by atoms with van der Waals surface area (Å²) in [4.78, 5) is 29.3. The maximum Gasteiger partial charge on any atom is 0.416 e. The predicted octanol–water partition coefficient (Wildman–Crippen LogP) is 7.99. The smallest absolute Gasteiger partial charge is 0.348 e. The highest BCUT2D eigenvalue weighted by Gasteiger charge is 2.49. The number of hydrogen-bond donors (Lipinski definition) is 2. The SMILES string of the molecule is O=C(N[C@H]1CCN(CCCCC2(C(=O)NCC(F)(F)F)c3ccccc3-c3ccccc32)C1)c1ccccc1-c1ccc(C(F)(F)F)cc1. The lowest BCUT2D eigenvalue weighted by molar-refractivity contribution is -0.141. The fraction of sp³-hybridized carbons (Fsp3) is 0.316. The van der Waals surface area contributed by atoms with Crippen LogP contribution in [-0.4, -0.2) is 55.1 Å². The minimum atomic E-state index is -4.54. The number of likely N-dealkylation sites (tertiary alicyclic amines) is 1. The van der Waals surface area contributed by atoms with Crippen LogP contribution in [0.1, 0.15) is 52.7 Å². The molecule has 1 aliphatic carbocycles. The fourth-order valence-corrected chi connectivity index (χ4v) is 7.20. The molecule has 11 heteroatoms. The summed E-state index contributed by atoms with van der Waals surface area (Å²) in [6, 6.07) is 26.1. The minimum Gasteiger partial charge on any atom is -0.348 e. The monoisotopic (exact) mass is 679 g/mol. The van der Waals surface area contributed by atoms with Gasteiger partial charge < -0.3 is 15.5 Å². The maximum atomic E-state index is 13.7. The Morgan fingerprint density at radius 2 is 1.35 bits per heavy atom. The number of benzene rings is 4. The number of rotatable bonds is 10. The first kappa shape index (κ1) is 34.2. The van der Waals surface area contributed by atoms with Gasteiger partial charge in [0.1, 0.15) is 12.0 Å². The zero-order valence-electron chi connectivity index (χ0n) is 26.5. The molecule has 1 atom stereocenters. The second-order valence-electron chi connectivity index (χ2n) is 12.6. The van der Waals surface area contributed by atoms with E-state index in [0.717, 1.165) is 29.8 Å². The average molecular weight is 680 g/mol. The van der Waals surface area contributed by atoms with Crippen molar-refractivity contribution < 1.29 is 35.9 Å². The normalized spacial score (nSPS) is 17.0. The molecular formula is C38H35F6N3O2. The lowest BCUT2D eigenvalue weighted by Crippen LogP contribution is -2.47. The first-order chi connectivity index (χ1) is 23.4. The summed E-state index contributed by atoms with van der Waals surface area (Å²) < 4.78 is 78.7. The Balaban J connectivity index is 1.08. The van der Waals surface area contributed by atoms with E-state index in [9.17, 15) is 35.9 Å². The largest absolute Gasteiger partial charge is 0.416 e. The number of nitrogens with zero attached hydrogens (tertiary/aromatic N) is 1. The number of nitrogens with one attached hydrogen (secondary N) is 2. The quantitative estimate of drug-likeness (QED) is 0.132. The van der Waals surface area contributed by atoms with Crippen LogP contribution < -0.4 is 10.6 Å². The second kappa shape index (κ2) is 13.7. The molecule has 2 aliphatic rings. The van der Waals surface area contributed by atoms with Crippen molar-refractivity contribution in [3.05, 3.63) is 119 Å². The molecule has 5 nitrogen and oxygen atoms in total. The van der Waals surface area contributed by atoms with Crippen LogP contribution in [0.2, 0.25) is 0 Å². The topological polar surface area (TPSA) is 61.4 Å². The highest BCUT2D eigenvalue weighted by atomic mass is 19.4. The number of halogens is 6. The molecule has 0 saturated carbocycles. The van der Waals surface area contributed by atoms with Gasteiger partial charge >= 0.3 is 12.4 Å². The molecule has 1 heterocycles. The third-order valence-corrected chi connectivity index (χ3v) is 9.48. The molecule has 0 radical (unpaired) electrons. The summed E-state index contributed by atoms with van der Waals surface area (Å²) in [5.41, 5.74) is 2.50. The molecule has 1 aliphatic heterocycles. The molecule has 0 bridgehead atoms. The highest BCUT2D eigenvalue weighted by molar-refractivity contribution is 6.01. The standard InChI is InChI=1S/C38H35F6N3O2/c39-37(40,41)24-45-35(49)36(32-13-5-3-10-29(32)30-11-4-6-14-33(30)36)20-7-8-21-47-22-19-27(23-47)46-34(48)31-12-2-1-9-28(31)25-15-17-26(18-16-25)38(42,43)44/h1-6,9-18,27H,7-8,19-24H2,(H,45,49)(H,46,48)/t27-/m0/s1. The summed E-state index contributed by atoms with van der Waals surface area (Å²) in [6.07, 6.45) is -6.69. The molecule has 49 heavy (non-hydrogen) atoms. The number of alkyl halides is 6. The number of amides is 2. The van der Waals surface area contributed by atoms with Gasteiger partial charge in [-0.1, -0.05) is 85.3 Å². The Kier molecular flexibility index (Phi) is 9.57. The van der Waals surface area contributed by atoms with Gasteiger partial charge in [0.2, 0.25) is 5.91 Å². The molecule has 4 aromatic rings. The van der Waals surface area contributed by atoms with E-state index in [4.69, 9.17) is 0 Å². The first-order valence-corrected chi connectivity index (χ1v) is 16.2. The summed E-state index contributed by atoms with van der Waals surface area (Å²) in [5.74, 6) is -0.976. The molecule has 6 rings (SSSR count). The number of fused-ring (bicyclic) bond motifs is 3. The van der Waals surface area contributed by atoms with Crippen molar-refractivity contribution in [2.24, 2.45) is 0 Å². The Morgan fingerprint density at radius 1 is 0.755 bits per heavy atom. The third kappa shape index (κ3) is 7.22. The van der Waals surface area contributed by atoms with Crippen molar-refractivity contribution in [1.82, 2.24) is 15.5 Å². The Morgan fingerprint density at radius 3 is 1.96 bits per heavy atom. The van der Waals surface area contributed by atoms with Gasteiger partial charge in [-0.05, 0) is 77.4 Å². The molecule has 2 N–H and O–H groups in total. The van der Waals surface area contributed by atoms with Gasteiger partial charge in [-0.15, -0.1) is 0 Å². The predicted molar refractivity (Wildman–Crippen MR) is 175 cm³/mol. The lowest BCUT2D eigenvalue weighted by Gasteiger charge is -2.31. The van der Waals surface area contributed by atoms with Crippen LogP contribution in [0.4, 0.5) is 26.3 Å².